The van der Waals surface area contributed by atoms with Crippen LogP contribution in [-0.4, -0.2) is 36.9 Å². The molecule has 0 bridgehead atoms. The number of Topliss-reactive ketones (excluding diaryl/α,β-unsaturated/α-hetero) is 1. The van der Waals surface area contributed by atoms with Gasteiger partial charge in [-0.05, 0) is 67.2 Å². The van der Waals surface area contributed by atoms with E-state index >= 15 is 0 Å². The molecule has 32 heavy (non-hydrogen) atoms. The number of hydrogen-bond donors (Lipinski definition) is 3. The Bertz CT molecular complexity index is 900. The fourth-order valence-corrected chi connectivity index (χ4v) is 4.74. The van der Waals surface area contributed by atoms with Crippen molar-refractivity contribution >= 4 is 14.1 Å². The summed E-state index contributed by atoms with van der Waals surface area (Å²) in [4.78, 5) is 11.4. The third kappa shape index (κ3) is 7.76. The number of phenols is 2. The average Bonchev–Trinajstić information content (AvgIpc) is 2.63. The Hall–Kier alpha value is -2.15. The van der Waals surface area contributed by atoms with Gasteiger partial charge in [0.25, 0.3) is 0 Å². The summed E-state index contributed by atoms with van der Waals surface area (Å²) in [6, 6.07) is 13.0. The maximum absolute atomic E-state index is 11.4. The summed E-state index contributed by atoms with van der Waals surface area (Å²) >= 11 is 0. The molecule has 6 heteroatoms. The Morgan fingerprint density at radius 1 is 1.06 bits per heavy atom. The molecular weight excluding hydrogens is 418 g/mol. The van der Waals surface area contributed by atoms with Crippen molar-refractivity contribution < 1.29 is 19.4 Å². The molecule has 2 atom stereocenters. The van der Waals surface area contributed by atoms with Crippen molar-refractivity contribution in [1.29, 1.82) is 0 Å². The van der Waals surface area contributed by atoms with Crippen LogP contribution in [0.4, 0.5) is 0 Å². The van der Waals surface area contributed by atoms with Gasteiger partial charge < -0.3 is 20.0 Å². The molecule has 0 spiro atoms. The third-order valence-corrected chi connectivity index (χ3v) is 10.7. The van der Waals surface area contributed by atoms with Crippen LogP contribution >= 0.6 is 0 Å². The Morgan fingerprint density at radius 3 is 2.22 bits per heavy atom. The molecule has 0 amide bonds. The lowest BCUT2D eigenvalue weighted by molar-refractivity contribution is -0.116. The molecule has 0 saturated carbocycles. The molecule has 0 fully saturated rings. The maximum atomic E-state index is 11.4. The molecule has 0 saturated heterocycles. The topological polar surface area (TPSA) is 78.8 Å². The maximum Gasteiger partial charge on any atom is 0.192 e. The van der Waals surface area contributed by atoms with Gasteiger partial charge in [0.2, 0.25) is 0 Å². The zero-order chi connectivity index (χ0) is 24.1. The quantitative estimate of drug-likeness (QED) is 0.410. The van der Waals surface area contributed by atoms with Crippen molar-refractivity contribution in [2.45, 2.75) is 77.7 Å². The van der Waals surface area contributed by atoms with Gasteiger partial charge in [0.1, 0.15) is 17.3 Å². The largest absolute Gasteiger partial charge is 0.508 e. The van der Waals surface area contributed by atoms with E-state index in [1.165, 1.54) is 11.6 Å². The molecule has 2 aromatic rings. The Balaban J connectivity index is 2.14. The van der Waals surface area contributed by atoms with Crippen molar-refractivity contribution in [3.8, 4) is 11.5 Å². The normalized spacial score (nSPS) is 14.2. The van der Waals surface area contributed by atoms with Gasteiger partial charge in [-0.3, -0.25) is 4.79 Å². The van der Waals surface area contributed by atoms with E-state index in [1.807, 2.05) is 12.1 Å². The van der Waals surface area contributed by atoms with Crippen LogP contribution in [0.15, 0.2) is 42.5 Å². The summed E-state index contributed by atoms with van der Waals surface area (Å²) in [5.74, 6) is 0.214. The van der Waals surface area contributed by atoms with Crippen LogP contribution < -0.4 is 5.32 Å². The lowest BCUT2D eigenvalue weighted by Gasteiger charge is -2.39. The highest BCUT2D eigenvalue weighted by Gasteiger charge is 2.39. The van der Waals surface area contributed by atoms with Gasteiger partial charge in [0.15, 0.2) is 8.32 Å². The van der Waals surface area contributed by atoms with Gasteiger partial charge in [0.05, 0.1) is 6.10 Å². The number of carbonyl (C=O) groups excluding carboxylic acids is 1. The number of benzene rings is 2. The van der Waals surface area contributed by atoms with E-state index in [0.717, 1.165) is 17.5 Å². The number of nitrogens with one attached hydrogen (secondary N) is 1. The van der Waals surface area contributed by atoms with Crippen LogP contribution in [0.5, 0.6) is 11.5 Å². The van der Waals surface area contributed by atoms with E-state index in [0.29, 0.717) is 13.0 Å². The molecule has 0 radical (unpaired) electrons. The Kier molecular flexibility index (Phi) is 8.68. The molecule has 0 aliphatic carbocycles. The van der Waals surface area contributed by atoms with Gasteiger partial charge in [-0.2, -0.15) is 0 Å². The summed E-state index contributed by atoms with van der Waals surface area (Å²) < 4.78 is 6.68. The molecule has 5 nitrogen and oxygen atoms in total. The van der Waals surface area contributed by atoms with E-state index in [4.69, 9.17) is 4.43 Å². The van der Waals surface area contributed by atoms with Gasteiger partial charge in [0, 0.05) is 25.1 Å². The summed E-state index contributed by atoms with van der Waals surface area (Å²) in [6.07, 6.45) is 0.989. The van der Waals surface area contributed by atoms with Crippen LogP contribution in [0.25, 0.3) is 0 Å². The first-order chi connectivity index (χ1) is 14.8. The summed E-state index contributed by atoms with van der Waals surface area (Å²) in [5.41, 5.74) is 2.98. The lowest BCUT2D eigenvalue weighted by Crippen LogP contribution is -2.44. The zero-order valence-corrected chi connectivity index (χ0v) is 21.5. The van der Waals surface area contributed by atoms with E-state index in [9.17, 15) is 15.0 Å². The minimum atomic E-state index is -2.09. The fraction of sp³-hybridized carbons (Fsp3) is 0.500. The highest BCUT2D eigenvalue weighted by Crippen LogP contribution is 2.40. The van der Waals surface area contributed by atoms with Gasteiger partial charge in [-0.15, -0.1) is 0 Å². The molecule has 0 aromatic heterocycles. The summed E-state index contributed by atoms with van der Waals surface area (Å²) in [5, 5.41) is 23.6. The first-order valence-electron chi connectivity index (χ1n) is 11.3. The predicted molar refractivity (Wildman–Crippen MR) is 133 cm³/mol. The average molecular weight is 458 g/mol. The second-order valence-corrected chi connectivity index (χ2v) is 15.1. The van der Waals surface area contributed by atoms with Crippen molar-refractivity contribution in [2.75, 3.05) is 6.54 Å². The molecule has 0 aliphatic heterocycles. The SMILES string of the molecule is CC(=O)Cc1cccc(C[C@@H](C)NC[C@@H](O[Si](C)(C)C(C)(C)C)c2cc(O)cc(O)c2)c1. The molecule has 3 N–H and O–H groups in total. The Labute approximate surface area is 194 Å². The fourth-order valence-electron chi connectivity index (χ4n) is 3.45. The molecule has 0 heterocycles. The van der Waals surface area contributed by atoms with E-state index < -0.39 is 8.32 Å². The van der Waals surface area contributed by atoms with Crippen molar-refractivity contribution in [2.24, 2.45) is 0 Å². The van der Waals surface area contributed by atoms with Crippen LogP contribution in [0.3, 0.4) is 0 Å². The smallest absolute Gasteiger partial charge is 0.192 e. The highest BCUT2D eigenvalue weighted by atomic mass is 28.4. The number of phenolic OH excluding ortho intramolecular Hbond substituents is 2. The van der Waals surface area contributed by atoms with Crippen LogP contribution in [-0.2, 0) is 22.1 Å². The lowest BCUT2D eigenvalue weighted by atomic mass is 10.0. The highest BCUT2D eigenvalue weighted by molar-refractivity contribution is 6.74. The molecule has 0 aliphatic rings. The van der Waals surface area contributed by atoms with E-state index in [-0.39, 0.29) is 34.5 Å². The molecule has 2 rings (SSSR count). The number of aromatic hydroxyl groups is 2. The number of hydrogen-bond acceptors (Lipinski definition) is 5. The second-order valence-electron chi connectivity index (χ2n) is 10.4. The minimum Gasteiger partial charge on any atom is -0.508 e. The minimum absolute atomic E-state index is 0.0270. The molecule has 176 valence electrons. The van der Waals surface area contributed by atoms with Crippen molar-refractivity contribution in [1.82, 2.24) is 5.32 Å². The predicted octanol–water partition coefficient (Wildman–Crippen LogP) is 5.51. The second kappa shape index (κ2) is 10.6. The summed E-state index contributed by atoms with van der Waals surface area (Å²) in [6.45, 7) is 15.3. The van der Waals surface area contributed by atoms with Crippen LogP contribution in [0.1, 0.15) is 57.4 Å². The van der Waals surface area contributed by atoms with E-state index in [2.05, 4.69) is 58.2 Å². The van der Waals surface area contributed by atoms with Crippen molar-refractivity contribution in [3.63, 3.8) is 0 Å². The molecule has 2 aromatic carbocycles. The van der Waals surface area contributed by atoms with Crippen molar-refractivity contribution in [3.05, 3.63) is 59.2 Å². The third-order valence-electron chi connectivity index (χ3n) is 6.18. The van der Waals surface area contributed by atoms with Crippen LogP contribution in [0, 0.1) is 0 Å². The van der Waals surface area contributed by atoms with Gasteiger partial charge >= 0.3 is 0 Å². The standard InChI is InChI=1S/C26H39NO4Si/c1-18(11-20-9-8-10-21(13-20)12-19(2)28)27-17-25(31-32(6,7)26(3,4)5)22-14-23(29)16-24(30)15-22/h8-10,13-16,18,25,27,29-30H,11-12,17H2,1-7H3/t18-,25-/m1/s1. The van der Waals surface area contributed by atoms with Gasteiger partial charge in [-0.25, -0.2) is 0 Å². The zero-order valence-electron chi connectivity index (χ0n) is 20.5. The number of rotatable bonds is 10. The number of ketones is 1. The van der Waals surface area contributed by atoms with Crippen LogP contribution in [0.2, 0.25) is 18.1 Å². The van der Waals surface area contributed by atoms with E-state index in [1.54, 1.807) is 19.1 Å². The Morgan fingerprint density at radius 2 is 1.66 bits per heavy atom. The molecular formula is C26H39NO4Si. The first-order valence-corrected chi connectivity index (χ1v) is 14.2. The van der Waals surface area contributed by atoms with Gasteiger partial charge in [-0.1, -0.05) is 45.0 Å². The molecule has 0 unspecified atom stereocenters. The summed E-state index contributed by atoms with van der Waals surface area (Å²) in [7, 11) is -2.09. The monoisotopic (exact) mass is 457 g/mol. The first kappa shape index (κ1) is 26.1. The number of carbonyl (C=O) groups is 1.